The summed E-state index contributed by atoms with van der Waals surface area (Å²) in [5, 5.41) is 3.88. The number of halogens is 7. The molecule has 0 aliphatic heterocycles. The Balaban J connectivity index is 2.06. The number of anilines is 1. The van der Waals surface area contributed by atoms with Gasteiger partial charge in [0.25, 0.3) is 0 Å². The number of alkyl halides is 6. The molecule has 13 heteroatoms. The molecule has 0 bridgehead atoms. The quantitative estimate of drug-likeness (QED) is 0.210. The lowest BCUT2D eigenvalue weighted by atomic mass is 10.0. The van der Waals surface area contributed by atoms with Gasteiger partial charge in [-0.3, -0.25) is 4.72 Å². The number of rotatable bonds is 7. The van der Waals surface area contributed by atoms with Crippen LogP contribution in [0.3, 0.4) is 0 Å². The van der Waals surface area contributed by atoms with Crippen LogP contribution in [0.25, 0.3) is 0 Å². The minimum atomic E-state index is -5.80. The van der Waals surface area contributed by atoms with Crippen molar-refractivity contribution in [2.24, 2.45) is 5.16 Å². The molecule has 0 spiro atoms. The summed E-state index contributed by atoms with van der Waals surface area (Å²) >= 11 is 5.99. The van der Waals surface area contributed by atoms with Crippen LogP contribution in [-0.2, 0) is 27.6 Å². The van der Waals surface area contributed by atoms with Gasteiger partial charge in [-0.15, -0.1) is 0 Å². The summed E-state index contributed by atoms with van der Waals surface area (Å²) in [6, 6.07) is 15.7. The van der Waals surface area contributed by atoms with Gasteiger partial charge in [0.1, 0.15) is 12.3 Å². The molecule has 5 nitrogen and oxygen atoms in total. The van der Waals surface area contributed by atoms with Crippen molar-refractivity contribution in [1.82, 2.24) is 0 Å². The van der Waals surface area contributed by atoms with Crippen molar-refractivity contribution in [2.75, 3.05) is 4.72 Å². The molecular formula is C22H15ClF6N2O3S. The van der Waals surface area contributed by atoms with E-state index in [9.17, 15) is 34.8 Å². The zero-order chi connectivity index (χ0) is 25.9. The van der Waals surface area contributed by atoms with Gasteiger partial charge in [0.05, 0.1) is 11.3 Å². The number of sulfonamides is 1. The van der Waals surface area contributed by atoms with Gasteiger partial charge >= 0.3 is 21.7 Å². The molecule has 1 N–H and O–H groups in total. The van der Waals surface area contributed by atoms with E-state index in [1.165, 1.54) is 35.1 Å². The predicted molar refractivity (Wildman–Crippen MR) is 118 cm³/mol. The molecule has 0 heterocycles. The Labute approximate surface area is 201 Å². The fraction of sp³-hybridized carbons (Fsp3) is 0.136. The first-order valence-electron chi connectivity index (χ1n) is 9.59. The SMILES string of the molecule is O=S(=O)(Nc1ccc(Cl)cc1/C(=N/OCc1ccccc1C(F)(F)F)c1ccccc1)C(F)(F)F. The van der Waals surface area contributed by atoms with Crippen LogP contribution in [0.5, 0.6) is 0 Å². The molecule has 0 fully saturated rings. The van der Waals surface area contributed by atoms with Crippen LogP contribution < -0.4 is 4.72 Å². The van der Waals surface area contributed by atoms with Crippen LogP contribution in [0.2, 0.25) is 5.02 Å². The summed E-state index contributed by atoms with van der Waals surface area (Å²) in [5.41, 5.74) is -7.40. The molecule has 3 aromatic rings. The third kappa shape index (κ3) is 6.45. The molecule has 0 radical (unpaired) electrons. The summed E-state index contributed by atoms with van der Waals surface area (Å²) in [6.07, 6.45) is -4.65. The first-order valence-corrected chi connectivity index (χ1v) is 11.5. The standard InChI is InChI=1S/C22H15ClF6N2O3S/c23-16-10-11-19(31-35(32,33)22(27,28)29)17(12-16)20(14-6-2-1-3-7-14)30-34-13-15-8-4-5-9-18(15)21(24,25)26/h1-12,31H,13H2/b30-20+. The van der Waals surface area contributed by atoms with E-state index in [-0.39, 0.29) is 27.4 Å². The summed E-state index contributed by atoms with van der Waals surface area (Å²) in [4.78, 5) is 5.16. The Hall–Kier alpha value is -3.25. The molecule has 0 aliphatic rings. The summed E-state index contributed by atoms with van der Waals surface area (Å²) in [6.45, 7) is -0.629. The van der Waals surface area contributed by atoms with Crippen LogP contribution in [0.15, 0.2) is 78.0 Å². The minimum Gasteiger partial charge on any atom is -0.390 e. The average Bonchev–Trinajstić information content (AvgIpc) is 2.77. The number of hydrogen-bond donors (Lipinski definition) is 1. The molecule has 0 unspecified atom stereocenters. The van der Waals surface area contributed by atoms with Gasteiger partial charge in [-0.05, 0) is 24.3 Å². The molecule has 0 amide bonds. The number of oxime groups is 1. The largest absolute Gasteiger partial charge is 0.516 e. The van der Waals surface area contributed by atoms with Gasteiger partial charge in [-0.1, -0.05) is 65.3 Å². The maximum absolute atomic E-state index is 13.3. The van der Waals surface area contributed by atoms with Crippen LogP contribution in [-0.4, -0.2) is 19.6 Å². The van der Waals surface area contributed by atoms with Gasteiger partial charge in [0.2, 0.25) is 0 Å². The van der Waals surface area contributed by atoms with Gasteiger partial charge in [0.15, 0.2) is 0 Å². The third-order valence-corrected chi connectivity index (χ3v) is 5.86. The van der Waals surface area contributed by atoms with Crippen molar-refractivity contribution >= 4 is 33.0 Å². The molecule has 3 aromatic carbocycles. The van der Waals surface area contributed by atoms with Gasteiger partial charge < -0.3 is 4.84 Å². The number of hydrogen-bond acceptors (Lipinski definition) is 4. The van der Waals surface area contributed by atoms with Gasteiger partial charge in [-0.25, -0.2) is 0 Å². The minimum absolute atomic E-state index is 0.0287. The topological polar surface area (TPSA) is 67.8 Å². The van der Waals surface area contributed by atoms with E-state index >= 15 is 0 Å². The fourth-order valence-electron chi connectivity index (χ4n) is 2.95. The Bertz CT molecular complexity index is 1330. The van der Waals surface area contributed by atoms with E-state index in [1.54, 1.807) is 18.2 Å². The number of nitrogens with zero attached hydrogens (tertiary/aromatic N) is 1. The Morgan fingerprint density at radius 3 is 2.17 bits per heavy atom. The van der Waals surface area contributed by atoms with Crippen LogP contribution in [0, 0.1) is 0 Å². The normalized spacial score (nSPS) is 12.9. The van der Waals surface area contributed by atoms with E-state index < -0.39 is 39.6 Å². The lowest BCUT2D eigenvalue weighted by molar-refractivity contribution is -0.138. The lowest BCUT2D eigenvalue weighted by Gasteiger charge is -2.16. The van der Waals surface area contributed by atoms with Gasteiger partial charge in [0, 0.05) is 21.7 Å². The van der Waals surface area contributed by atoms with E-state index in [0.29, 0.717) is 0 Å². The zero-order valence-corrected chi connectivity index (χ0v) is 18.9. The van der Waals surface area contributed by atoms with Crippen molar-refractivity contribution in [3.05, 3.63) is 100 Å². The molecule has 0 aliphatic carbocycles. The smallest absolute Gasteiger partial charge is 0.390 e. The van der Waals surface area contributed by atoms with Crippen molar-refractivity contribution in [1.29, 1.82) is 0 Å². The van der Waals surface area contributed by atoms with Crippen molar-refractivity contribution in [2.45, 2.75) is 18.3 Å². The zero-order valence-electron chi connectivity index (χ0n) is 17.4. The molecule has 0 aromatic heterocycles. The Morgan fingerprint density at radius 1 is 0.914 bits per heavy atom. The second kappa shape index (κ2) is 10.2. The van der Waals surface area contributed by atoms with Crippen molar-refractivity contribution < 1.29 is 39.6 Å². The highest BCUT2D eigenvalue weighted by atomic mass is 35.5. The van der Waals surface area contributed by atoms with E-state index in [2.05, 4.69) is 5.16 Å². The molecule has 35 heavy (non-hydrogen) atoms. The fourth-order valence-corrected chi connectivity index (χ4v) is 3.70. The second-order valence-electron chi connectivity index (χ2n) is 6.98. The molecule has 0 atom stereocenters. The average molecular weight is 537 g/mol. The maximum Gasteiger partial charge on any atom is 0.516 e. The van der Waals surface area contributed by atoms with E-state index in [1.807, 2.05) is 0 Å². The van der Waals surface area contributed by atoms with Crippen LogP contribution >= 0.6 is 11.6 Å². The Kier molecular flexibility index (Phi) is 7.65. The predicted octanol–water partition coefficient (Wildman–Crippen LogP) is 6.59. The summed E-state index contributed by atoms with van der Waals surface area (Å²) in [7, 11) is -5.80. The van der Waals surface area contributed by atoms with Crippen LogP contribution in [0.1, 0.15) is 22.3 Å². The Morgan fingerprint density at radius 2 is 1.54 bits per heavy atom. The van der Waals surface area contributed by atoms with E-state index in [0.717, 1.165) is 24.3 Å². The van der Waals surface area contributed by atoms with Crippen molar-refractivity contribution in [3.8, 4) is 0 Å². The highest BCUT2D eigenvalue weighted by molar-refractivity contribution is 7.93. The lowest BCUT2D eigenvalue weighted by Crippen LogP contribution is -2.30. The number of benzene rings is 3. The van der Waals surface area contributed by atoms with Crippen LogP contribution in [0.4, 0.5) is 32.0 Å². The second-order valence-corrected chi connectivity index (χ2v) is 9.09. The maximum atomic E-state index is 13.3. The summed E-state index contributed by atoms with van der Waals surface area (Å²) in [5.74, 6) is 0. The first kappa shape index (κ1) is 26.4. The first-order chi connectivity index (χ1) is 16.3. The van der Waals surface area contributed by atoms with Crippen molar-refractivity contribution in [3.63, 3.8) is 0 Å². The van der Waals surface area contributed by atoms with E-state index in [4.69, 9.17) is 16.4 Å². The highest BCUT2D eigenvalue weighted by Crippen LogP contribution is 2.33. The third-order valence-electron chi connectivity index (χ3n) is 4.53. The molecule has 3 rings (SSSR count). The molecule has 186 valence electrons. The number of nitrogens with one attached hydrogen (secondary N) is 1. The van der Waals surface area contributed by atoms with Gasteiger partial charge in [-0.2, -0.15) is 34.8 Å². The molecule has 0 saturated heterocycles. The highest BCUT2D eigenvalue weighted by Gasteiger charge is 2.46. The molecular weight excluding hydrogens is 522 g/mol. The monoisotopic (exact) mass is 536 g/mol. The molecule has 0 saturated carbocycles. The summed E-state index contributed by atoms with van der Waals surface area (Å²) < 4.78 is 103.